The maximum absolute atomic E-state index is 13.9. The summed E-state index contributed by atoms with van der Waals surface area (Å²) >= 11 is 3.46. The van der Waals surface area contributed by atoms with Gasteiger partial charge in [0.05, 0.1) is 19.8 Å². The first-order valence-electron chi connectivity index (χ1n) is 9.11. The number of halogens is 2. The molecule has 0 atom stereocenters. The molecule has 3 amide bonds. The largest absolute Gasteiger partial charge is 0.490 e. The molecular formula is C21H20BrFN2O4. The van der Waals surface area contributed by atoms with Crippen LogP contribution in [0.5, 0.6) is 11.5 Å². The molecule has 0 spiro atoms. The fourth-order valence-corrected chi connectivity index (χ4v) is 3.30. The van der Waals surface area contributed by atoms with Gasteiger partial charge in [-0.1, -0.05) is 34.1 Å². The fraction of sp³-hybridized carbons (Fsp3) is 0.238. The molecule has 1 heterocycles. The molecule has 1 saturated heterocycles. The summed E-state index contributed by atoms with van der Waals surface area (Å²) < 4.78 is 25.8. The van der Waals surface area contributed by atoms with Gasteiger partial charge >= 0.3 is 6.03 Å². The molecule has 2 aromatic rings. The van der Waals surface area contributed by atoms with Gasteiger partial charge in [-0.25, -0.2) is 9.18 Å². The second-order valence-corrected chi connectivity index (χ2v) is 7.01. The average Bonchev–Trinajstić information content (AvgIpc) is 2.94. The van der Waals surface area contributed by atoms with Crippen LogP contribution in [0.1, 0.15) is 25.0 Å². The number of hydrogen-bond donors (Lipinski definition) is 1. The van der Waals surface area contributed by atoms with Crippen LogP contribution in [0, 0.1) is 5.82 Å². The number of urea groups is 1. The van der Waals surface area contributed by atoms with Crippen LogP contribution in [0.25, 0.3) is 6.08 Å². The summed E-state index contributed by atoms with van der Waals surface area (Å²) in [5.74, 6) is 0.105. The van der Waals surface area contributed by atoms with E-state index in [2.05, 4.69) is 21.2 Å². The zero-order valence-electron chi connectivity index (χ0n) is 16.0. The van der Waals surface area contributed by atoms with Crippen molar-refractivity contribution < 1.29 is 23.5 Å². The van der Waals surface area contributed by atoms with Crippen LogP contribution in [0.15, 0.2) is 46.6 Å². The predicted octanol–water partition coefficient (Wildman–Crippen LogP) is 4.48. The molecule has 0 radical (unpaired) electrons. The van der Waals surface area contributed by atoms with E-state index in [0.29, 0.717) is 34.7 Å². The highest BCUT2D eigenvalue weighted by Crippen LogP contribution is 2.35. The zero-order valence-corrected chi connectivity index (χ0v) is 17.6. The third-order valence-electron chi connectivity index (χ3n) is 4.21. The number of carbonyl (C=O) groups is 2. The number of ether oxygens (including phenoxy) is 2. The molecule has 1 fully saturated rings. The number of amides is 3. The lowest BCUT2D eigenvalue weighted by molar-refractivity contribution is -0.123. The highest BCUT2D eigenvalue weighted by molar-refractivity contribution is 9.10. The van der Waals surface area contributed by atoms with E-state index in [1.54, 1.807) is 30.3 Å². The topological polar surface area (TPSA) is 67.9 Å². The van der Waals surface area contributed by atoms with Gasteiger partial charge in [-0.15, -0.1) is 0 Å². The Balaban J connectivity index is 1.89. The molecular weight excluding hydrogens is 443 g/mol. The third-order valence-corrected chi connectivity index (χ3v) is 4.90. The summed E-state index contributed by atoms with van der Waals surface area (Å²) in [6.45, 7) is 4.51. The summed E-state index contributed by atoms with van der Waals surface area (Å²) in [7, 11) is 0. The molecule has 0 unspecified atom stereocenters. The second-order valence-electron chi connectivity index (χ2n) is 6.16. The first-order valence-corrected chi connectivity index (χ1v) is 9.91. The standard InChI is InChI=1S/C21H20BrFN2O4/c1-3-28-18-10-14(15(22)11-19(18)29-4-2)9-17-20(26)25(21(27)24-17)12-13-7-5-6-8-16(13)23/h5-11H,3-4,12H2,1-2H3,(H,24,27)/b17-9+. The van der Waals surface area contributed by atoms with Gasteiger partial charge in [0, 0.05) is 10.0 Å². The summed E-state index contributed by atoms with van der Waals surface area (Å²) in [6.07, 6.45) is 1.55. The summed E-state index contributed by atoms with van der Waals surface area (Å²) in [4.78, 5) is 25.9. The number of hydrogen-bond acceptors (Lipinski definition) is 4. The minimum atomic E-state index is -0.600. The normalized spacial score (nSPS) is 15.0. The highest BCUT2D eigenvalue weighted by atomic mass is 79.9. The minimum Gasteiger partial charge on any atom is -0.490 e. The minimum absolute atomic E-state index is 0.0960. The van der Waals surface area contributed by atoms with Gasteiger partial charge in [0.1, 0.15) is 11.5 Å². The summed E-state index contributed by atoms with van der Waals surface area (Å²) in [6, 6.07) is 8.90. The van der Waals surface area contributed by atoms with Crippen molar-refractivity contribution in [3.63, 3.8) is 0 Å². The monoisotopic (exact) mass is 462 g/mol. The number of imide groups is 1. The lowest BCUT2D eigenvalue weighted by Crippen LogP contribution is -2.30. The Morgan fingerprint density at radius 2 is 1.76 bits per heavy atom. The molecule has 0 bridgehead atoms. The Hall–Kier alpha value is -2.87. The van der Waals surface area contributed by atoms with Gasteiger partial charge in [-0.05, 0) is 43.7 Å². The molecule has 0 aliphatic carbocycles. The lowest BCUT2D eigenvalue weighted by Gasteiger charge is -2.13. The van der Waals surface area contributed by atoms with Crippen molar-refractivity contribution in [2.45, 2.75) is 20.4 Å². The first kappa shape index (κ1) is 20.9. The van der Waals surface area contributed by atoms with Crippen molar-refractivity contribution >= 4 is 33.9 Å². The molecule has 0 saturated carbocycles. The Bertz CT molecular complexity index is 977. The second kappa shape index (κ2) is 9.09. The molecule has 0 aromatic heterocycles. The van der Waals surface area contributed by atoms with Gasteiger partial charge in [-0.2, -0.15) is 0 Å². The number of rotatable bonds is 7. The van der Waals surface area contributed by atoms with E-state index in [4.69, 9.17) is 9.47 Å². The van der Waals surface area contributed by atoms with Crippen LogP contribution in [0.3, 0.4) is 0 Å². The molecule has 2 aromatic carbocycles. The van der Waals surface area contributed by atoms with E-state index < -0.39 is 17.8 Å². The Labute approximate surface area is 176 Å². The smallest absolute Gasteiger partial charge is 0.329 e. The van der Waals surface area contributed by atoms with E-state index in [0.717, 1.165) is 4.90 Å². The molecule has 6 nitrogen and oxygen atoms in total. The van der Waals surface area contributed by atoms with Crippen molar-refractivity contribution in [3.8, 4) is 11.5 Å². The molecule has 3 rings (SSSR count). The van der Waals surface area contributed by atoms with Crippen LogP contribution in [-0.4, -0.2) is 30.1 Å². The Kier molecular flexibility index (Phi) is 6.53. The first-order chi connectivity index (χ1) is 13.9. The fourth-order valence-electron chi connectivity index (χ4n) is 2.87. The number of nitrogens with one attached hydrogen (secondary N) is 1. The van der Waals surface area contributed by atoms with Gasteiger partial charge in [-0.3, -0.25) is 9.69 Å². The quantitative estimate of drug-likeness (QED) is 0.486. The Morgan fingerprint density at radius 1 is 1.10 bits per heavy atom. The molecule has 1 aliphatic heterocycles. The molecule has 1 N–H and O–H groups in total. The molecule has 152 valence electrons. The van der Waals surface area contributed by atoms with Gasteiger partial charge in [0.15, 0.2) is 11.5 Å². The number of carbonyl (C=O) groups excluding carboxylic acids is 2. The highest BCUT2D eigenvalue weighted by Gasteiger charge is 2.34. The average molecular weight is 463 g/mol. The molecule has 1 aliphatic rings. The van der Waals surface area contributed by atoms with Crippen LogP contribution in [0.4, 0.5) is 9.18 Å². The van der Waals surface area contributed by atoms with Crippen molar-refractivity contribution in [3.05, 3.63) is 63.5 Å². The zero-order chi connectivity index (χ0) is 21.0. The van der Waals surface area contributed by atoms with Crippen molar-refractivity contribution in [2.24, 2.45) is 0 Å². The third kappa shape index (κ3) is 4.59. The van der Waals surface area contributed by atoms with E-state index in [9.17, 15) is 14.0 Å². The van der Waals surface area contributed by atoms with Crippen molar-refractivity contribution in [1.29, 1.82) is 0 Å². The number of nitrogens with zero attached hydrogens (tertiary/aromatic N) is 1. The van der Waals surface area contributed by atoms with Crippen molar-refractivity contribution in [2.75, 3.05) is 13.2 Å². The predicted molar refractivity (Wildman–Crippen MR) is 110 cm³/mol. The summed E-state index contributed by atoms with van der Waals surface area (Å²) in [5.41, 5.74) is 0.991. The van der Waals surface area contributed by atoms with Crippen molar-refractivity contribution in [1.82, 2.24) is 10.2 Å². The number of benzene rings is 2. The van der Waals surface area contributed by atoms with Gasteiger partial charge in [0.2, 0.25) is 0 Å². The van der Waals surface area contributed by atoms with E-state index in [-0.39, 0.29) is 17.8 Å². The summed E-state index contributed by atoms with van der Waals surface area (Å²) in [5, 5.41) is 2.54. The molecule has 8 heteroatoms. The van der Waals surface area contributed by atoms with Crippen LogP contribution >= 0.6 is 15.9 Å². The van der Waals surface area contributed by atoms with E-state index in [1.807, 2.05) is 13.8 Å². The SMILES string of the molecule is CCOc1cc(Br)c(/C=C2/NC(=O)N(Cc3ccccc3F)C2=O)cc1OCC. The molecule has 29 heavy (non-hydrogen) atoms. The van der Waals surface area contributed by atoms with Gasteiger partial charge < -0.3 is 14.8 Å². The maximum atomic E-state index is 13.9. The lowest BCUT2D eigenvalue weighted by atomic mass is 10.1. The van der Waals surface area contributed by atoms with Crippen LogP contribution < -0.4 is 14.8 Å². The van der Waals surface area contributed by atoms with E-state index >= 15 is 0 Å². The van der Waals surface area contributed by atoms with Crippen LogP contribution in [-0.2, 0) is 11.3 Å². The van der Waals surface area contributed by atoms with Gasteiger partial charge in [0.25, 0.3) is 5.91 Å². The van der Waals surface area contributed by atoms with E-state index in [1.165, 1.54) is 12.1 Å². The van der Waals surface area contributed by atoms with Crippen LogP contribution in [0.2, 0.25) is 0 Å². The Morgan fingerprint density at radius 3 is 2.41 bits per heavy atom. The maximum Gasteiger partial charge on any atom is 0.329 e.